The van der Waals surface area contributed by atoms with E-state index in [-0.39, 0.29) is 34.8 Å². The van der Waals surface area contributed by atoms with Crippen LogP contribution >= 0.6 is 0 Å². The largest absolute Gasteiger partial charge is 0.497 e. The minimum atomic E-state index is -1.86. The lowest BCUT2D eigenvalue weighted by Gasteiger charge is -2.41. The highest BCUT2D eigenvalue weighted by Crippen LogP contribution is 2.40. The molecule has 5 aromatic rings. The molecule has 6 rings (SSSR count). The first-order valence-corrected chi connectivity index (χ1v) is 21.4. The first-order valence-electron chi connectivity index (χ1n) is 18.5. The van der Waals surface area contributed by atoms with Crippen LogP contribution in [0, 0.1) is 5.82 Å². The van der Waals surface area contributed by atoms with Crippen molar-refractivity contribution >= 4 is 31.1 Å². The summed E-state index contributed by atoms with van der Waals surface area (Å²) in [6.45, 7) is 17.9. The number of amides is 1. The van der Waals surface area contributed by atoms with Crippen LogP contribution in [-0.4, -0.2) is 53.4 Å². The summed E-state index contributed by atoms with van der Waals surface area (Å²) < 4.78 is 35.1. The van der Waals surface area contributed by atoms with Crippen LogP contribution in [0.4, 0.5) is 10.2 Å². The second kappa shape index (κ2) is 15.1. The molecule has 0 aliphatic heterocycles. The third-order valence-electron chi connectivity index (χ3n) is 10.7. The molecule has 53 heavy (non-hydrogen) atoms. The molecule has 0 atom stereocenters. The number of fused-ring (bicyclic) bond motifs is 1. The number of methoxy groups -OCH3 is 1. The van der Waals surface area contributed by atoms with E-state index < -0.39 is 20.0 Å². The molecule has 3 aromatic heterocycles. The Bertz CT molecular complexity index is 2050. The lowest BCUT2D eigenvalue weighted by atomic mass is 9.93. The maximum absolute atomic E-state index is 15.7. The monoisotopic (exact) mass is 740 g/mol. The average Bonchev–Trinajstić information content (AvgIpc) is 3.75. The van der Waals surface area contributed by atoms with Crippen LogP contribution in [-0.2, 0) is 22.9 Å². The zero-order valence-electron chi connectivity index (χ0n) is 32.5. The molecule has 0 bridgehead atoms. The molecular formula is C41H53FN6O4Si. The highest BCUT2D eigenvalue weighted by atomic mass is 28.4. The number of ether oxygens (including phenoxy) is 1. The maximum atomic E-state index is 15.7. The van der Waals surface area contributed by atoms with E-state index in [2.05, 4.69) is 49.7 Å². The van der Waals surface area contributed by atoms with Crippen molar-refractivity contribution in [2.75, 3.05) is 12.4 Å². The number of hydrogen-bond acceptors (Lipinski definition) is 8. The molecule has 12 heteroatoms. The molecule has 1 aliphatic carbocycles. The number of carbonyl (C=O) groups excluding carboxylic acids is 1. The lowest BCUT2D eigenvalue weighted by Crippen LogP contribution is -2.45. The third kappa shape index (κ3) is 8.65. The molecule has 0 unspecified atom stereocenters. The molecule has 1 saturated carbocycles. The van der Waals surface area contributed by atoms with Crippen LogP contribution in [0.25, 0.3) is 22.2 Å². The summed E-state index contributed by atoms with van der Waals surface area (Å²) in [6.07, 6.45) is 5.89. The number of nitrogens with one attached hydrogen (secondary N) is 2. The van der Waals surface area contributed by atoms with Gasteiger partial charge in [-0.25, -0.2) is 14.1 Å². The Balaban J connectivity index is 1.25. The van der Waals surface area contributed by atoms with Crippen LogP contribution in [0.15, 0.2) is 65.3 Å². The fraction of sp³-hybridized carbons (Fsp3) is 0.463. The Morgan fingerprint density at radius 1 is 1.00 bits per heavy atom. The van der Waals surface area contributed by atoms with E-state index in [1.54, 1.807) is 25.4 Å². The number of nitrogens with zero attached hydrogens (tertiary/aromatic N) is 4. The molecule has 10 nitrogen and oxygen atoms in total. The number of hydrogen-bond donors (Lipinski definition) is 2. The number of pyridine rings is 1. The van der Waals surface area contributed by atoms with Gasteiger partial charge in [-0.1, -0.05) is 71.0 Å². The molecule has 1 amide bonds. The molecule has 3 heterocycles. The van der Waals surface area contributed by atoms with Gasteiger partial charge in [0, 0.05) is 41.9 Å². The van der Waals surface area contributed by atoms with Gasteiger partial charge in [0.1, 0.15) is 17.3 Å². The van der Waals surface area contributed by atoms with Crippen molar-refractivity contribution in [3.8, 4) is 16.9 Å². The normalized spacial score (nSPS) is 16.9. The SMILES string of the molecule is COc1ccc(Cn2nc(N[C@H]3CC[C@H](O[Si](C)(C)C(C)(C)C)CC3)c3c(-c4ccc(CNC(=O)c5cc(C(C)(C)C)on5)c(F)c4)ccnc32)cc1. The van der Waals surface area contributed by atoms with Crippen molar-refractivity contribution in [1.29, 1.82) is 0 Å². The first-order chi connectivity index (χ1) is 25.0. The molecular weight excluding hydrogens is 688 g/mol. The Hall–Kier alpha value is -4.55. The van der Waals surface area contributed by atoms with E-state index in [4.69, 9.17) is 23.8 Å². The Kier molecular flexibility index (Phi) is 10.8. The van der Waals surface area contributed by atoms with Crippen LogP contribution in [0.3, 0.4) is 0 Å². The van der Waals surface area contributed by atoms with Crippen LogP contribution < -0.4 is 15.4 Å². The van der Waals surface area contributed by atoms with Gasteiger partial charge in [0.25, 0.3) is 5.91 Å². The van der Waals surface area contributed by atoms with Crippen molar-refractivity contribution in [1.82, 2.24) is 25.2 Å². The number of benzene rings is 2. The third-order valence-corrected chi connectivity index (χ3v) is 15.2. The predicted octanol–water partition coefficient (Wildman–Crippen LogP) is 9.25. The topological polar surface area (TPSA) is 116 Å². The molecule has 0 radical (unpaired) electrons. The second-order valence-corrected chi connectivity index (χ2v) is 21.5. The van der Waals surface area contributed by atoms with Gasteiger partial charge in [-0.2, -0.15) is 5.10 Å². The summed E-state index contributed by atoms with van der Waals surface area (Å²) in [5, 5.41) is 16.5. The van der Waals surface area contributed by atoms with E-state index in [0.29, 0.717) is 29.1 Å². The first kappa shape index (κ1) is 38.2. The quantitative estimate of drug-likeness (QED) is 0.129. The van der Waals surface area contributed by atoms with Gasteiger partial charge in [0.2, 0.25) is 0 Å². The minimum absolute atomic E-state index is 0.00280. The van der Waals surface area contributed by atoms with Gasteiger partial charge in [0.15, 0.2) is 25.5 Å². The van der Waals surface area contributed by atoms with Crippen molar-refractivity contribution in [2.24, 2.45) is 0 Å². The fourth-order valence-electron chi connectivity index (χ4n) is 6.43. The Morgan fingerprint density at radius 3 is 2.34 bits per heavy atom. The second-order valence-electron chi connectivity index (χ2n) is 16.7. The molecule has 2 aromatic carbocycles. The number of anilines is 1. The average molecular weight is 741 g/mol. The Morgan fingerprint density at radius 2 is 1.72 bits per heavy atom. The number of halogens is 1. The number of carbonyl (C=O) groups is 1. The van der Waals surface area contributed by atoms with Crippen molar-refractivity contribution in [3.05, 3.63) is 89.2 Å². The minimum Gasteiger partial charge on any atom is -0.497 e. The van der Waals surface area contributed by atoms with Crippen molar-refractivity contribution < 1.29 is 22.9 Å². The lowest BCUT2D eigenvalue weighted by molar-refractivity contribution is 0.0941. The molecule has 1 aliphatic rings. The number of aromatic nitrogens is 4. The zero-order valence-corrected chi connectivity index (χ0v) is 33.5. The van der Waals surface area contributed by atoms with Gasteiger partial charge in [-0.3, -0.25) is 4.79 Å². The summed E-state index contributed by atoms with van der Waals surface area (Å²) in [5.74, 6) is 1.26. The molecule has 282 valence electrons. The van der Waals surface area contributed by atoms with Gasteiger partial charge < -0.3 is 24.3 Å². The molecule has 1 fully saturated rings. The summed E-state index contributed by atoms with van der Waals surface area (Å²) in [7, 11) is -0.209. The highest BCUT2D eigenvalue weighted by Gasteiger charge is 2.40. The summed E-state index contributed by atoms with van der Waals surface area (Å²) >= 11 is 0. The van der Waals surface area contributed by atoms with Crippen LogP contribution in [0.1, 0.15) is 94.6 Å². The summed E-state index contributed by atoms with van der Waals surface area (Å²) in [6, 6.07) is 16.7. The van der Waals surface area contributed by atoms with E-state index in [1.165, 1.54) is 6.07 Å². The zero-order chi connectivity index (χ0) is 38.1. The molecule has 0 spiro atoms. The standard InChI is InChI=1S/C41H53FN6O4Si/c1-40(2,3)35-23-34(47-51-35)39(49)44-24-28-13-12-27(22-33(28)42)32-20-21-43-38-36(32)37(46-48(38)25-26-10-16-30(50-7)17-11-26)45-29-14-18-31(19-15-29)52-53(8,9)41(4,5)6/h10-13,16-17,20-23,29,31H,14-15,18-19,24-25H2,1-9H3,(H,44,49)(H,45,46)/t29-,31-. The maximum Gasteiger partial charge on any atom is 0.273 e. The van der Waals surface area contributed by atoms with Gasteiger partial charge >= 0.3 is 0 Å². The van der Waals surface area contributed by atoms with E-state index in [1.807, 2.05) is 61.9 Å². The fourth-order valence-corrected chi connectivity index (χ4v) is 7.85. The predicted molar refractivity (Wildman–Crippen MR) is 209 cm³/mol. The van der Waals surface area contributed by atoms with Gasteiger partial charge in [0.05, 0.1) is 19.0 Å². The van der Waals surface area contributed by atoms with Gasteiger partial charge in [-0.15, -0.1) is 0 Å². The van der Waals surface area contributed by atoms with E-state index in [0.717, 1.165) is 53.8 Å². The Labute approximate surface area is 313 Å². The molecule has 2 N–H and O–H groups in total. The van der Waals surface area contributed by atoms with Crippen LogP contribution in [0.5, 0.6) is 5.75 Å². The van der Waals surface area contributed by atoms with Gasteiger partial charge in [-0.05, 0) is 84.8 Å². The van der Waals surface area contributed by atoms with E-state index >= 15 is 4.39 Å². The summed E-state index contributed by atoms with van der Waals surface area (Å²) in [5.41, 5.74) is 3.50. The smallest absolute Gasteiger partial charge is 0.273 e. The number of rotatable bonds is 11. The van der Waals surface area contributed by atoms with Crippen LogP contribution in [0.2, 0.25) is 18.1 Å². The van der Waals surface area contributed by atoms with E-state index in [9.17, 15) is 4.79 Å². The summed E-state index contributed by atoms with van der Waals surface area (Å²) in [4.78, 5) is 17.6. The highest BCUT2D eigenvalue weighted by molar-refractivity contribution is 6.74. The van der Waals surface area contributed by atoms with Crippen molar-refractivity contribution in [3.63, 3.8) is 0 Å². The molecule has 0 saturated heterocycles. The van der Waals surface area contributed by atoms with Crippen molar-refractivity contribution in [2.45, 2.75) is 116 Å².